The van der Waals surface area contributed by atoms with Crippen molar-refractivity contribution in [2.24, 2.45) is 0 Å². The Kier molecular flexibility index (Phi) is 4.02. The van der Waals surface area contributed by atoms with Gasteiger partial charge in [0.15, 0.2) is 0 Å². The van der Waals surface area contributed by atoms with Gasteiger partial charge in [0.25, 0.3) is 5.56 Å². The minimum Gasteiger partial charge on any atom is -0.299 e. The Balaban J connectivity index is 2.11. The Morgan fingerprint density at radius 3 is 2.84 bits per heavy atom. The van der Waals surface area contributed by atoms with E-state index in [-0.39, 0.29) is 11.3 Å². The summed E-state index contributed by atoms with van der Waals surface area (Å²) in [4.78, 5) is 16.9. The highest BCUT2D eigenvalue weighted by atomic mass is 32.2. The molecule has 0 radical (unpaired) electrons. The molecule has 0 unspecified atom stereocenters. The topological polar surface area (TPSA) is 72.3 Å². The van der Waals surface area contributed by atoms with Gasteiger partial charge < -0.3 is 0 Å². The van der Waals surface area contributed by atoms with Crippen molar-refractivity contribution in [3.05, 3.63) is 28.1 Å². The molecule has 6 nitrogen and oxygen atoms in total. The molecule has 2 heterocycles. The van der Waals surface area contributed by atoms with E-state index in [2.05, 4.69) is 4.98 Å². The summed E-state index contributed by atoms with van der Waals surface area (Å²) < 4.78 is 25.9. The summed E-state index contributed by atoms with van der Waals surface area (Å²) in [7, 11) is -0.212. The standard InChI is InChI=1S/C11H15N3O3S2/c1-13(2)19(16,17)7-3-5-14-8-12-10-9(11(14)15)4-6-18-10/h4,6,8H,3,5,7H2,1-2H3. The number of nitrogens with zero attached hydrogens (tertiary/aromatic N) is 3. The van der Waals surface area contributed by atoms with Crippen molar-refractivity contribution in [1.82, 2.24) is 13.9 Å². The van der Waals surface area contributed by atoms with Gasteiger partial charge in [-0.25, -0.2) is 17.7 Å². The van der Waals surface area contributed by atoms with Crippen molar-refractivity contribution in [3.63, 3.8) is 0 Å². The van der Waals surface area contributed by atoms with Gasteiger partial charge in [-0.05, 0) is 17.9 Å². The van der Waals surface area contributed by atoms with Gasteiger partial charge in [0.2, 0.25) is 10.0 Å². The zero-order chi connectivity index (χ0) is 14.0. The molecular formula is C11H15N3O3S2. The van der Waals surface area contributed by atoms with Crippen molar-refractivity contribution in [2.75, 3.05) is 19.8 Å². The highest BCUT2D eigenvalue weighted by molar-refractivity contribution is 7.89. The molecule has 0 aliphatic carbocycles. The second-order valence-corrected chi connectivity index (χ2v) is 7.53. The third-order valence-electron chi connectivity index (χ3n) is 2.81. The molecule has 104 valence electrons. The lowest BCUT2D eigenvalue weighted by molar-refractivity contribution is 0.514. The molecule has 0 aliphatic rings. The van der Waals surface area contributed by atoms with E-state index in [4.69, 9.17) is 0 Å². The number of thiophene rings is 1. The number of aromatic nitrogens is 2. The molecule has 0 bridgehead atoms. The molecule has 0 saturated heterocycles. The molecule has 0 saturated carbocycles. The lowest BCUT2D eigenvalue weighted by atomic mass is 10.4. The Hall–Kier alpha value is -1.25. The van der Waals surface area contributed by atoms with Crippen molar-refractivity contribution in [2.45, 2.75) is 13.0 Å². The van der Waals surface area contributed by atoms with E-state index in [0.29, 0.717) is 23.2 Å². The lowest BCUT2D eigenvalue weighted by Crippen LogP contribution is -2.27. The van der Waals surface area contributed by atoms with Crippen molar-refractivity contribution < 1.29 is 8.42 Å². The maximum atomic E-state index is 12.0. The number of hydrogen-bond acceptors (Lipinski definition) is 5. The summed E-state index contributed by atoms with van der Waals surface area (Å²) in [6, 6.07) is 1.74. The first-order valence-corrected chi connectivity index (χ1v) is 8.23. The van der Waals surface area contributed by atoms with E-state index in [0.717, 1.165) is 0 Å². The molecule has 2 rings (SSSR count). The van der Waals surface area contributed by atoms with Gasteiger partial charge in [0, 0.05) is 20.6 Å². The number of aryl methyl sites for hydroxylation is 1. The Morgan fingerprint density at radius 2 is 2.16 bits per heavy atom. The average molecular weight is 301 g/mol. The summed E-state index contributed by atoms with van der Waals surface area (Å²) in [5.41, 5.74) is -0.117. The smallest absolute Gasteiger partial charge is 0.262 e. The van der Waals surface area contributed by atoms with Crippen LogP contribution in [0.4, 0.5) is 0 Å². The molecule has 2 aromatic rings. The van der Waals surface area contributed by atoms with Crippen LogP contribution in [-0.2, 0) is 16.6 Å². The van der Waals surface area contributed by atoms with Crippen molar-refractivity contribution >= 4 is 31.6 Å². The summed E-state index contributed by atoms with van der Waals surface area (Å²) in [6.07, 6.45) is 1.86. The zero-order valence-electron chi connectivity index (χ0n) is 10.7. The molecule has 0 amide bonds. The Bertz CT molecular complexity index is 731. The molecule has 0 N–H and O–H groups in total. The molecule has 0 atom stereocenters. The van der Waals surface area contributed by atoms with Crippen LogP contribution >= 0.6 is 11.3 Å². The van der Waals surface area contributed by atoms with E-state index < -0.39 is 10.0 Å². The minimum absolute atomic E-state index is 0.0219. The molecule has 0 spiro atoms. The molecule has 0 aromatic carbocycles. The first-order valence-electron chi connectivity index (χ1n) is 5.74. The van der Waals surface area contributed by atoms with Gasteiger partial charge >= 0.3 is 0 Å². The predicted molar refractivity (Wildman–Crippen MR) is 76.0 cm³/mol. The van der Waals surface area contributed by atoms with Crippen LogP contribution < -0.4 is 5.56 Å². The molecule has 8 heteroatoms. The van der Waals surface area contributed by atoms with Gasteiger partial charge in [0.1, 0.15) is 4.83 Å². The third kappa shape index (κ3) is 3.02. The van der Waals surface area contributed by atoms with E-state index in [1.807, 2.05) is 5.38 Å². The molecule has 19 heavy (non-hydrogen) atoms. The number of sulfonamides is 1. The maximum Gasteiger partial charge on any atom is 0.262 e. The van der Waals surface area contributed by atoms with Gasteiger partial charge in [0.05, 0.1) is 17.5 Å². The van der Waals surface area contributed by atoms with Gasteiger partial charge in [-0.1, -0.05) is 0 Å². The first kappa shape index (κ1) is 14.2. The monoisotopic (exact) mass is 301 g/mol. The number of fused-ring (bicyclic) bond motifs is 1. The Labute approximate surface area is 115 Å². The van der Waals surface area contributed by atoms with E-state index in [1.165, 1.54) is 40.6 Å². The second kappa shape index (κ2) is 5.40. The van der Waals surface area contributed by atoms with Crippen LogP contribution in [0.3, 0.4) is 0 Å². The van der Waals surface area contributed by atoms with Crippen LogP contribution in [-0.4, -0.2) is 42.1 Å². The average Bonchev–Trinajstić information content (AvgIpc) is 2.80. The minimum atomic E-state index is -3.21. The number of hydrogen-bond donors (Lipinski definition) is 0. The normalized spacial score (nSPS) is 12.4. The van der Waals surface area contributed by atoms with Crippen molar-refractivity contribution in [3.8, 4) is 0 Å². The fourth-order valence-corrected chi connectivity index (χ4v) is 3.23. The zero-order valence-corrected chi connectivity index (χ0v) is 12.4. The fraction of sp³-hybridized carbons (Fsp3) is 0.455. The van der Waals surface area contributed by atoms with Crippen LogP contribution in [0, 0.1) is 0 Å². The fourth-order valence-electron chi connectivity index (χ4n) is 1.65. The summed E-state index contributed by atoms with van der Waals surface area (Å²) in [5, 5.41) is 2.41. The maximum absolute atomic E-state index is 12.0. The van der Waals surface area contributed by atoms with Gasteiger partial charge in [-0.2, -0.15) is 0 Å². The lowest BCUT2D eigenvalue weighted by Gasteiger charge is -2.11. The molecular weight excluding hydrogens is 286 g/mol. The van der Waals surface area contributed by atoms with Gasteiger partial charge in [-0.15, -0.1) is 11.3 Å². The van der Waals surface area contributed by atoms with Gasteiger partial charge in [-0.3, -0.25) is 9.36 Å². The van der Waals surface area contributed by atoms with Crippen LogP contribution in [0.2, 0.25) is 0 Å². The molecule has 2 aromatic heterocycles. The SMILES string of the molecule is CN(C)S(=O)(=O)CCCn1cnc2sccc2c1=O. The first-order chi connectivity index (χ1) is 8.92. The van der Waals surface area contributed by atoms with Crippen LogP contribution in [0.15, 0.2) is 22.6 Å². The van der Waals surface area contributed by atoms with Crippen LogP contribution in [0.1, 0.15) is 6.42 Å². The molecule has 0 aliphatic heterocycles. The second-order valence-electron chi connectivity index (χ2n) is 4.33. The van der Waals surface area contributed by atoms with E-state index in [1.54, 1.807) is 6.07 Å². The summed E-state index contributed by atoms with van der Waals surface area (Å²) >= 11 is 1.42. The number of rotatable bonds is 5. The van der Waals surface area contributed by atoms with E-state index in [9.17, 15) is 13.2 Å². The highest BCUT2D eigenvalue weighted by Crippen LogP contribution is 2.13. The van der Waals surface area contributed by atoms with Crippen LogP contribution in [0.25, 0.3) is 10.2 Å². The summed E-state index contributed by atoms with van der Waals surface area (Å²) in [6.45, 7) is 0.352. The predicted octanol–water partition coefficient (Wildman–Crippen LogP) is 0.739. The van der Waals surface area contributed by atoms with Crippen molar-refractivity contribution in [1.29, 1.82) is 0 Å². The quantitative estimate of drug-likeness (QED) is 0.816. The molecule has 0 fully saturated rings. The largest absolute Gasteiger partial charge is 0.299 e. The van der Waals surface area contributed by atoms with Crippen LogP contribution in [0.5, 0.6) is 0 Å². The Morgan fingerprint density at radius 1 is 1.42 bits per heavy atom. The summed E-state index contributed by atoms with van der Waals surface area (Å²) in [5.74, 6) is 0.0219. The van der Waals surface area contributed by atoms with E-state index >= 15 is 0 Å². The third-order valence-corrected chi connectivity index (χ3v) is 5.55. The highest BCUT2D eigenvalue weighted by Gasteiger charge is 2.13.